The minimum Gasteiger partial charge on any atom is -0.350 e. The average Bonchev–Trinajstić information content (AvgIpc) is 2.85. The van der Waals surface area contributed by atoms with Gasteiger partial charge in [0.2, 0.25) is 5.91 Å². The fourth-order valence-electron chi connectivity index (χ4n) is 3.96. The first-order valence-electron chi connectivity index (χ1n) is 9.07. The first-order chi connectivity index (χ1) is 11.9. The van der Waals surface area contributed by atoms with Gasteiger partial charge in [-0.25, -0.2) is 0 Å². The van der Waals surface area contributed by atoms with E-state index in [0.717, 1.165) is 12.8 Å². The minimum absolute atomic E-state index is 0.0249. The van der Waals surface area contributed by atoms with Gasteiger partial charge in [-0.15, -0.1) is 0 Å². The maximum Gasteiger partial charge on any atom is 0.253 e. The standard InChI is InChI=1S/C19H26ClN3O2/c1-11(2)21-19(25)16-6-3-13(20)10-17(16)23-18(24)9-12-7-14-4-5-15(8-12)22-14/h3,6,10-12,14-15,22H,4-5,7-9H2,1-2H3,(H,21,25)(H,23,24). The van der Waals surface area contributed by atoms with E-state index in [-0.39, 0.29) is 17.9 Å². The summed E-state index contributed by atoms with van der Waals surface area (Å²) >= 11 is 6.06. The van der Waals surface area contributed by atoms with Gasteiger partial charge in [0.25, 0.3) is 5.91 Å². The molecule has 0 aromatic heterocycles. The highest BCUT2D eigenvalue weighted by molar-refractivity contribution is 6.31. The third-order valence-electron chi connectivity index (χ3n) is 4.96. The molecule has 136 valence electrons. The summed E-state index contributed by atoms with van der Waals surface area (Å²) in [6.07, 6.45) is 5.04. The smallest absolute Gasteiger partial charge is 0.253 e. The third-order valence-corrected chi connectivity index (χ3v) is 5.20. The van der Waals surface area contributed by atoms with Crippen molar-refractivity contribution in [1.29, 1.82) is 0 Å². The van der Waals surface area contributed by atoms with Crippen LogP contribution < -0.4 is 16.0 Å². The molecule has 25 heavy (non-hydrogen) atoms. The molecule has 0 spiro atoms. The summed E-state index contributed by atoms with van der Waals surface area (Å²) in [5.41, 5.74) is 0.921. The molecule has 2 unspecified atom stereocenters. The molecule has 0 aliphatic carbocycles. The van der Waals surface area contributed by atoms with Crippen LogP contribution >= 0.6 is 11.6 Å². The molecular formula is C19H26ClN3O2. The summed E-state index contributed by atoms with van der Waals surface area (Å²) in [7, 11) is 0. The molecule has 1 aromatic rings. The van der Waals surface area contributed by atoms with E-state index in [4.69, 9.17) is 11.6 Å². The molecule has 2 heterocycles. The quantitative estimate of drug-likeness (QED) is 0.751. The van der Waals surface area contributed by atoms with Crippen LogP contribution in [0.5, 0.6) is 0 Å². The zero-order chi connectivity index (χ0) is 18.0. The molecule has 2 atom stereocenters. The van der Waals surface area contributed by atoms with E-state index in [1.165, 1.54) is 12.8 Å². The van der Waals surface area contributed by atoms with Gasteiger partial charge >= 0.3 is 0 Å². The number of piperidine rings is 1. The number of nitrogens with one attached hydrogen (secondary N) is 3. The van der Waals surface area contributed by atoms with Crippen molar-refractivity contribution in [3.63, 3.8) is 0 Å². The lowest BCUT2D eigenvalue weighted by molar-refractivity contribution is -0.117. The molecule has 2 fully saturated rings. The van der Waals surface area contributed by atoms with Gasteiger partial charge in [-0.05, 0) is 63.6 Å². The van der Waals surface area contributed by atoms with E-state index in [2.05, 4.69) is 16.0 Å². The van der Waals surface area contributed by atoms with Gasteiger partial charge in [0, 0.05) is 29.6 Å². The lowest BCUT2D eigenvalue weighted by atomic mass is 9.89. The molecule has 2 aliphatic heterocycles. The number of amides is 2. The summed E-state index contributed by atoms with van der Waals surface area (Å²) < 4.78 is 0. The van der Waals surface area contributed by atoms with Crippen LogP contribution in [-0.2, 0) is 4.79 Å². The number of halogens is 1. The Hall–Kier alpha value is -1.59. The van der Waals surface area contributed by atoms with Crippen molar-refractivity contribution in [3.8, 4) is 0 Å². The van der Waals surface area contributed by atoms with Crippen LogP contribution in [0.15, 0.2) is 18.2 Å². The van der Waals surface area contributed by atoms with Crippen molar-refractivity contribution in [2.75, 3.05) is 5.32 Å². The number of anilines is 1. The maximum atomic E-state index is 12.5. The molecule has 3 rings (SSSR count). The number of benzene rings is 1. The first kappa shape index (κ1) is 18.2. The Labute approximate surface area is 153 Å². The molecule has 2 amide bonds. The monoisotopic (exact) mass is 363 g/mol. The van der Waals surface area contributed by atoms with Crippen LogP contribution in [0.3, 0.4) is 0 Å². The maximum absolute atomic E-state index is 12.5. The largest absolute Gasteiger partial charge is 0.350 e. The second-order valence-corrected chi connectivity index (χ2v) is 7.98. The summed E-state index contributed by atoms with van der Waals surface area (Å²) in [5.74, 6) is 0.153. The fourth-order valence-corrected chi connectivity index (χ4v) is 4.14. The van der Waals surface area contributed by atoms with Crippen molar-refractivity contribution < 1.29 is 9.59 Å². The van der Waals surface area contributed by atoms with E-state index in [1.807, 2.05) is 13.8 Å². The molecule has 0 radical (unpaired) electrons. The van der Waals surface area contributed by atoms with Crippen molar-refractivity contribution >= 4 is 29.1 Å². The molecular weight excluding hydrogens is 338 g/mol. The van der Waals surface area contributed by atoms with Crippen molar-refractivity contribution in [1.82, 2.24) is 10.6 Å². The van der Waals surface area contributed by atoms with Gasteiger partial charge in [0.1, 0.15) is 0 Å². The number of hydrogen-bond acceptors (Lipinski definition) is 3. The SMILES string of the molecule is CC(C)NC(=O)c1ccc(Cl)cc1NC(=O)CC1CC2CCC(C1)N2. The predicted molar refractivity (Wildman–Crippen MR) is 100.0 cm³/mol. The Morgan fingerprint density at radius 3 is 2.56 bits per heavy atom. The van der Waals surface area contributed by atoms with Crippen molar-refractivity contribution in [3.05, 3.63) is 28.8 Å². The zero-order valence-electron chi connectivity index (χ0n) is 14.8. The fraction of sp³-hybridized carbons (Fsp3) is 0.579. The second kappa shape index (κ2) is 7.75. The molecule has 6 heteroatoms. The Kier molecular flexibility index (Phi) is 5.64. The topological polar surface area (TPSA) is 70.2 Å². The van der Waals surface area contributed by atoms with E-state index >= 15 is 0 Å². The lowest BCUT2D eigenvalue weighted by Gasteiger charge is -2.28. The molecule has 2 saturated heterocycles. The van der Waals surface area contributed by atoms with Gasteiger partial charge in [-0.2, -0.15) is 0 Å². The lowest BCUT2D eigenvalue weighted by Crippen LogP contribution is -2.39. The molecule has 0 saturated carbocycles. The highest BCUT2D eigenvalue weighted by Gasteiger charge is 2.34. The molecule has 3 N–H and O–H groups in total. The summed E-state index contributed by atoms with van der Waals surface area (Å²) in [6, 6.07) is 6.11. The second-order valence-electron chi connectivity index (χ2n) is 7.55. The highest BCUT2D eigenvalue weighted by atomic mass is 35.5. The van der Waals surface area contributed by atoms with Crippen LogP contribution in [0, 0.1) is 5.92 Å². The summed E-state index contributed by atoms with van der Waals surface area (Å²) in [5, 5.41) is 9.84. The number of hydrogen-bond donors (Lipinski definition) is 3. The van der Waals surface area contributed by atoms with Crippen molar-refractivity contribution in [2.24, 2.45) is 5.92 Å². The highest BCUT2D eigenvalue weighted by Crippen LogP contribution is 2.33. The average molecular weight is 364 g/mol. The van der Waals surface area contributed by atoms with Gasteiger partial charge in [-0.1, -0.05) is 11.6 Å². The van der Waals surface area contributed by atoms with E-state index in [9.17, 15) is 9.59 Å². The van der Waals surface area contributed by atoms with Gasteiger partial charge in [-0.3, -0.25) is 9.59 Å². The number of fused-ring (bicyclic) bond motifs is 2. The van der Waals surface area contributed by atoms with E-state index in [0.29, 0.717) is 40.7 Å². The minimum atomic E-state index is -0.207. The predicted octanol–water partition coefficient (Wildman–Crippen LogP) is 3.34. The van der Waals surface area contributed by atoms with E-state index < -0.39 is 0 Å². The third kappa shape index (κ3) is 4.73. The Morgan fingerprint density at radius 1 is 1.24 bits per heavy atom. The van der Waals surface area contributed by atoms with Crippen LogP contribution in [0.1, 0.15) is 56.3 Å². The van der Waals surface area contributed by atoms with Crippen LogP contribution in [0.4, 0.5) is 5.69 Å². The van der Waals surface area contributed by atoms with Crippen LogP contribution in [-0.4, -0.2) is 29.9 Å². The number of carbonyl (C=O) groups excluding carboxylic acids is 2. The van der Waals surface area contributed by atoms with Gasteiger partial charge in [0.15, 0.2) is 0 Å². The van der Waals surface area contributed by atoms with Crippen LogP contribution in [0.2, 0.25) is 5.02 Å². The Bertz CT molecular complexity index is 650. The normalized spacial score (nSPS) is 25.0. The Morgan fingerprint density at radius 2 is 1.92 bits per heavy atom. The number of rotatable bonds is 5. The molecule has 5 nitrogen and oxygen atoms in total. The van der Waals surface area contributed by atoms with Gasteiger partial charge < -0.3 is 16.0 Å². The summed E-state index contributed by atoms with van der Waals surface area (Å²) in [6.45, 7) is 3.80. The molecule has 2 aliphatic rings. The number of carbonyl (C=O) groups is 2. The van der Waals surface area contributed by atoms with E-state index in [1.54, 1.807) is 18.2 Å². The summed E-state index contributed by atoms with van der Waals surface area (Å²) in [4.78, 5) is 24.9. The Balaban J connectivity index is 1.66. The molecule has 2 bridgehead atoms. The van der Waals surface area contributed by atoms with Crippen LogP contribution in [0.25, 0.3) is 0 Å². The van der Waals surface area contributed by atoms with Gasteiger partial charge in [0.05, 0.1) is 11.3 Å². The van der Waals surface area contributed by atoms with Crippen molar-refractivity contribution in [2.45, 2.75) is 64.1 Å². The first-order valence-corrected chi connectivity index (χ1v) is 9.45. The molecule has 1 aromatic carbocycles. The zero-order valence-corrected chi connectivity index (χ0v) is 15.5.